The van der Waals surface area contributed by atoms with Crippen LogP contribution in [-0.2, 0) is 4.79 Å². The van der Waals surface area contributed by atoms with Gasteiger partial charge in [0.15, 0.2) is 0 Å². The summed E-state index contributed by atoms with van der Waals surface area (Å²) in [5, 5.41) is 5.94. The molecule has 0 saturated heterocycles. The molecule has 0 aliphatic carbocycles. The summed E-state index contributed by atoms with van der Waals surface area (Å²) in [5.74, 6) is 0.0370. The summed E-state index contributed by atoms with van der Waals surface area (Å²) in [7, 11) is 0. The second-order valence-corrected chi connectivity index (χ2v) is 4.72. The first-order valence-corrected chi connectivity index (χ1v) is 5.78. The number of amidine groups is 1. The van der Waals surface area contributed by atoms with Gasteiger partial charge >= 0.3 is 0 Å². The second-order valence-electron chi connectivity index (χ2n) is 3.94. The average molecular weight is 272 g/mol. The Morgan fingerprint density at radius 3 is 2.59 bits per heavy atom. The monoisotopic (exact) mass is 271 g/mol. The van der Waals surface area contributed by atoms with Crippen molar-refractivity contribution >= 4 is 40.6 Å². The molecular weight excluding hydrogens is 261 g/mol. The maximum Gasteiger partial charge on any atom is 0.255 e. The van der Waals surface area contributed by atoms with Crippen LogP contribution < -0.4 is 10.7 Å². The van der Waals surface area contributed by atoms with Gasteiger partial charge in [-0.1, -0.05) is 23.2 Å². The van der Waals surface area contributed by atoms with Crippen molar-refractivity contribution < 1.29 is 4.79 Å². The van der Waals surface area contributed by atoms with Crippen LogP contribution in [0.1, 0.15) is 17.5 Å². The molecule has 0 unspecified atom stereocenters. The van der Waals surface area contributed by atoms with E-state index in [9.17, 15) is 4.79 Å². The molecule has 0 spiro atoms. The fourth-order valence-electron chi connectivity index (χ4n) is 1.64. The summed E-state index contributed by atoms with van der Waals surface area (Å²) >= 11 is 12.3. The summed E-state index contributed by atoms with van der Waals surface area (Å²) < 4.78 is 0. The molecule has 1 aromatic carbocycles. The van der Waals surface area contributed by atoms with Gasteiger partial charge in [0.05, 0.1) is 16.5 Å². The number of carbonyl (C=O) groups excluding carboxylic acids is 1. The largest absolute Gasteiger partial charge is 0.385 e. The number of rotatable bonds is 1. The number of nitrogens with zero attached hydrogens (tertiary/aromatic N) is 2. The molecule has 0 atom stereocenters. The van der Waals surface area contributed by atoms with E-state index < -0.39 is 0 Å². The van der Waals surface area contributed by atoms with Gasteiger partial charge in [-0.05, 0) is 31.0 Å². The number of aryl methyl sites for hydroxylation is 1. The van der Waals surface area contributed by atoms with Crippen molar-refractivity contribution in [2.45, 2.75) is 20.3 Å². The molecule has 1 amide bonds. The van der Waals surface area contributed by atoms with Crippen LogP contribution in [0.5, 0.6) is 0 Å². The van der Waals surface area contributed by atoms with Crippen molar-refractivity contribution in [2.24, 2.45) is 10.8 Å². The topological polar surface area (TPSA) is 58.7 Å². The molecule has 0 aromatic heterocycles. The van der Waals surface area contributed by atoms with E-state index in [0.717, 1.165) is 11.1 Å². The molecule has 1 aliphatic heterocycles. The predicted molar refractivity (Wildman–Crippen MR) is 69.7 cm³/mol. The molecule has 6 heteroatoms. The van der Waals surface area contributed by atoms with Crippen LogP contribution in [0.2, 0.25) is 10.0 Å². The van der Waals surface area contributed by atoms with Crippen molar-refractivity contribution in [1.29, 1.82) is 0 Å². The third-order valence-corrected chi connectivity index (χ3v) is 3.46. The predicted octanol–water partition coefficient (Wildman–Crippen LogP) is 2.62. The second kappa shape index (κ2) is 4.20. The number of hydrogen-bond acceptors (Lipinski definition) is 3. The summed E-state index contributed by atoms with van der Waals surface area (Å²) in [5.41, 5.74) is 7.77. The molecule has 0 radical (unpaired) electrons. The zero-order chi connectivity index (χ0) is 12.7. The highest BCUT2D eigenvalue weighted by molar-refractivity contribution is 6.40. The van der Waals surface area contributed by atoms with Crippen molar-refractivity contribution in [2.75, 3.05) is 5.01 Å². The fourth-order valence-corrected chi connectivity index (χ4v) is 2.36. The maximum atomic E-state index is 11.7. The minimum Gasteiger partial charge on any atom is -0.385 e. The highest BCUT2D eigenvalue weighted by atomic mass is 35.5. The molecule has 2 rings (SSSR count). The van der Waals surface area contributed by atoms with Crippen molar-refractivity contribution in [3.8, 4) is 0 Å². The molecule has 0 saturated carbocycles. The van der Waals surface area contributed by atoms with Gasteiger partial charge < -0.3 is 5.73 Å². The maximum absolute atomic E-state index is 11.7. The molecule has 17 heavy (non-hydrogen) atoms. The average Bonchev–Trinajstić information content (AvgIpc) is 2.55. The van der Waals surface area contributed by atoms with E-state index in [1.54, 1.807) is 6.07 Å². The first-order valence-electron chi connectivity index (χ1n) is 5.03. The van der Waals surface area contributed by atoms with Gasteiger partial charge in [-0.15, -0.1) is 0 Å². The van der Waals surface area contributed by atoms with Crippen LogP contribution in [0.15, 0.2) is 11.2 Å². The van der Waals surface area contributed by atoms with Crippen LogP contribution in [0.25, 0.3) is 0 Å². The van der Waals surface area contributed by atoms with Crippen LogP contribution in [0.4, 0.5) is 5.69 Å². The van der Waals surface area contributed by atoms with Crippen LogP contribution in [-0.4, -0.2) is 11.7 Å². The Labute approximate surface area is 109 Å². The van der Waals surface area contributed by atoms with Gasteiger partial charge in [0, 0.05) is 0 Å². The van der Waals surface area contributed by atoms with E-state index >= 15 is 0 Å². The minimum atomic E-state index is -0.227. The number of nitrogens with two attached hydrogens (primary N) is 1. The lowest BCUT2D eigenvalue weighted by Gasteiger charge is -2.17. The zero-order valence-electron chi connectivity index (χ0n) is 9.42. The zero-order valence-corrected chi connectivity index (χ0v) is 10.9. The summed E-state index contributed by atoms with van der Waals surface area (Å²) in [6.07, 6.45) is 0.0968. The minimum absolute atomic E-state index is 0.0968. The van der Waals surface area contributed by atoms with E-state index in [0.29, 0.717) is 15.7 Å². The number of hydrogen-bond donors (Lipinski definition) is 1. The van der Waals surface area contributed by atoms with Crippen LogP contribution in [0.3, 0.4) is 0 Å². The van der Waals surface area contributed by atoms with Crippen LogP contribution >= 0.6 is 23.2 Å². The summed E-state index contributed by atoms with van der Waals surface area (Å²) in [6, 6.07) is 1.76. The Bertz CT molecular complexity index is 540. The van der Waals surface area contributed by atoms with Gasteiger partial charge in [0.25, 0.3) is 5.91 Å². The van der Waals surface area contributed by atoms with Crippen molar-refractivity contribution in [3.05, 3.63) is 27.2 Å². The SMILES string of the molecule is Cc1cc(Cl)c(N2N=C(N)CC2=O)c(Cl)c1C. The first-order chi connectivity index (χ1) is 7.91. The van der Waals surface area contributed by atoms with Gasteiger partial charge in [-0.2, -0.15) is 10.1 Å². The van der Waals surface area contributed by atoms with Gasteiger partial charge in [-0.25, -0.2) is 0 Å². The lowest BCUT2D eigenvalue weighted by atomic mass is 10.1. The lowest BCUT2D eigenvalue weighted by molar-refractivity contribution is -0.116. The Morgan fingerprint density at radius 1 is 1.41 bits per heavy atom. The Morgan fingerprint density at radius 2 is 2.06 bits per heavy atom. The smallest absolute Gasteiger partial charge is 0.255 e. The molecule has 0 fully saturated rings. The molecule has 1 aliphatic rings. The van der Waals surface area contributed by atoms with Gasteiger partial charge in [0.2, 0.25) is 0 Å². The molecule has 90 valence electrons. The number of anilines is 1. The van der Waals surface area contributed by atoms with Gasteiger partial charge in [0.1, 0.15) is 11.5 Å². The highest BCUT2D eigenvalue weighted by Crippen LogP contribution is 2.39. The molecule has 1 heterocycles. The fraction of sp³-hybridized carbons (Fsp3) is 0.273. The number of hydrazone groups is 1. The Hall–Kier alpha value is -1.26. The molecular formula is C11H11Cl2N3O. The highest BCUT2D eigenvalue weighted by Gasteiger charge is 2.28. The summed E-state index contributed by atoms with van der Waals surface area (Å²) in [4.78, 5) is 11.7. The number of carbonyl (C=O) groups is 1. The third kappa shape index (κ3) is 1.98. The van der Waals surface area contributed by atoms with E-state index in [1.807, 2.05) is 13.8 Å². The number of amides is 1. The standard InChI is InChI=1S/C11H11Cl2N3O/c1-5-3-7(12)11(10(13)6(5)2)16-9(17)4-8(14)15-16/h3H,4H2,1-2H3,(H2,14,15). The van der Waals surface area contributed by atoms with Gasteiger partial charge in [-0.3, -0.25) is 4.79 Å². The van der Waals surface area contributed by atoms with E-state index in [1.165, 1.54) is 5.01 Å². The third-order valence-electron chi connectivity index (χ3n) is 2.71. The molecule has 0 bridgehead atoms. The number of benzene rings is 1. The Balaban J connectivity index is 2.60. The van der Waals surface area contributed by atoms with E-state index in [2.05, 4.69) is 5.10 Å². The lowest BCUT2D eigenvalue weighted by Crippen LogP contribution is -2.20. The first kappa shape index (κ1) is 12.2. The van der Waals surface area contributed by atoms with Crippen molar-refractivity contribution in [3.63, 3.8) is 0 Å². The van der Waals surface area contributed by atoms with Crippen LogP contribution in [0, 0.1) is 13.8 Å². The summed E-state index contributed by atoms with van der Waals surface area (Å²) in [6.45, 7) is 3.77. The Kier molecular flexibility index (Phi) is 3.02. The quantitative estimate of drug-likeness (QED) is 0.854. The van der Waals surface area contributed by atoms with E-state index in [4.69, 9.17) is 28.9 Å². The normalized spacial score (nSPS) is 15.4. The van der Waals surface area contributed by atoms with Crippen molar-refractivity contribution in [1.82, 2.24) is 0 Å². The number of halogens is 2. The molecule has 1 aromatic rings. The molecule has 2 N–H and O–H groups in total. The van der Waals surface area contributed by atoms with E-state index in [-0.39, 0.29) is 18.2 Å². The molecule has 4 nitrogen and oxygen atoms in total.